The lowest BCUT2D eigenvalue weighted by molar-refractivity contribution is 0.0683. The number of benzene rings is 1. The Morgan fingerprint density at radius 2 is 2.10 bits per heavy atom. The number of ether oxygens (including phenoxy) is 1. The van der Waals surface area contributed by atoms with Crippen LogP contribution in [0.15, 0.2) is 45.9 Å². The van der Waals surface area contributed by atoms with Gasteiger partial charge in [-0.25, -0.2) is 4.99 Å². The second-order valence-corrected chi connectivity index (χ2v) is 6.61. The summed E-state index contributed by atoms with van der Waals surface area (Å²) in [4.78, 5) is 11.3. The largest absolute Gasteiger partial charge is 0.371 e. The number of hydrogen-bond donors (Lipinski definition) is 1. The Morgan fingerprint density at radius 1 is 1.31 bits per heavy atom. The summed E-state index contributed by atoms with van der Waals surface area (Å²) in [5.74, 6) is 1.92. The van der Waals surface area contributed by atoms with Gasteiger partial charge in [0.2, 0.25) is 5.89 Å². The summed E-state index contributed by atoms with van der Waals surface area (Å²) in [6, 6.07) is 10.5. The smallest absolute Gasteiger partial charge is 0.248 e. The molecule has 2 aromatic rings. The lowest BCUT2D eigenvalue weighted by Gasteiger charge is -2.29. The topological polar surface area (TPSA) is 75.8 Å². The highest BCUT2D eigenvalue weighted by atomic mass is 127. The van der Waals surface area contributed by atoms with E-state index in [9.17, 15) is 0 Å². The van der Waals surface area contributed by atoms with Crippen LogP contribution in [-0.2, 0) is 11.3 Å². The molecule has 8 heteroatoms. The van der Waals surface area contributed by atoms with E-state index in [0.717, 1.165) is 32.0 Å². The molecule has 0 spiro atoms. The van der Waals surface area contributed by atoms with Gasteiger partial charge in [-0.15, -0.1) is 24.0 Å². The van der Waals surface area contributed by atoms with Crippen molar-refractivity contribution in [1.29, 1.82) is 0 Å². The fraction of sp³-hybridized carbons (Fsp3) is 0.476. The van der Waals surface area contributed by atoms with Crippen LogP contribution in [0.25, 0.3) is 5.57 Å². The maximum Gasteiger partial charge on any atom is 0.248 e. The van der Waals surface area contributed by atoms with Crippen LogP contribution in [0.4, 0.5) is 0 Å². The number of nitrogens with one attached hydrogen (secondary N) is 1. The fourth-order valence-corrected chi connectivity index (χ4v) is 3.17. The van der Waals surface area contributed by atoms with Crippen molar-refractivity contribution >= 4 is 35.5 Å². The van der Waals surface area contributed by atoms with Crippen molar-refractivity contribution in [3.63, 3.8) is 0 Å². The molecule has 1 aromatic carbocycles. The Hall–Kier alpha value is -1.94. The molecule has 0 bridgehead atoms. The Kier molecular flexibility index (Phi) is 9.59. The number of rotatable bonds is 7. The van der Waals surface area contributed by atoms with E-state index < -0.39 is 0 Å². The van der Waals surface area contributed by atoms with E-state index in [0.29, 0.717) is 24.9 Å². The minimum absolute atomic E-state index is 0. The first kappa shape index (κ1) is 23.3. The molecule has 0 amide bonds. The molecule has 7 nitrogen and oxygen atoms in total. The van der Waals surface area contributed by atoms with Gasteiger partial charge in [-0.1, -0.05) is 41.6 Å². The SMILES string of the molecule is CCNC(=NCc1nc(C(C)OCC)no1)N1CC=C(c2ccccc2)CC1.I. The van der Waals surface area contributed by atoms with E-state index in [1.54, 1.807) is 0 Å². The molecule has 1 N–H and O–H groups in total. The predicted octanol–water partition coefficient (Wildman–Crippen LogP) is 4.04. The summed E-state index contributed by atoms with van der Waals surface area (Å²) in [5.41, 5.74) is 2.69. The minimum Gasteiger partial charge on any atom is -0.371 e. The average molecular weight is 511 g/mol. The molecule has 1 atom stereocenters. The zero-order valence-corrected chi connectivity index (χ0v) is 19.6. The molecule has 158 valence electrons. The summed E-state index contributed by atoms with van der Waals surface area (Å²) in [6.07, 6.45) is 3.09. The summed E-state index contributed by atoms with van der Waals surface area (Å²) in [5, 5.41) is 7.35. The number of guanidine groups is 1. The van der Waals surface area contributed by atoms with Crippen LogP contribution in [0.3, 0.4) is 0 Å². The lowest BCUT2D eigenvalue weighted by atomic mass is 10.00. The highest BCUT2D eigenvalue weighted by molar-refractivity contribution is 14.0. The van der Waals surface area contributed by atoms with Crippen LogP contribution in [0, 0.1) is 0 Å². The van der Waals surface area contributed by atoms with Crippen molar-refractivity contribution in [3.05, 3.63) is 53.7 Å². The Balaban J connectivity index is 0.00000300. The second kappa shape index (κ2) is 11.9. The van der Waals surface area contributed by atoms with Gasteiger partial charge in [0, 0.05) is 26.2 Å². The lowest BCUT2D eigenvalue weighted by Crippen LogP contribution is -2.43. The van der Waals surface area contributed by atoms with Gasteiger partial charge in [0.25, 0.3) is 0 Å². The second-order valence-electron chi connectivity index (χ2n) is 6.61. The number of nitrogens with zero attached hydrogens (tertiary/aromatic N) is 4. The number of hydrogen-bond acceptors (Lipinski definition) is 5. The van der Waals surface area contributed by atoms with E-state index in [1.165, 1.54) is 11.1 Å². The van der Waals surface area contributed by atoms with Crippen molar-refractivity contribution in [2.45, 2.75) is 39.8 Å². The Labute approximate surface area is 189 Å². The highest BCUT2D eigenvalue weighted by Crippen LogP contribution is 2.22. The maximum atomic E-state index is 5.50. The summed E-state index contributed by atoms with van der Waals surface area (Å²) in [7, 11) is 0. The van der Waals surface area contributed by atoms with Gasteiger partial charge < -0.3 is 19.5 Å². The highest BCUT2D eigenvalue weighted by Gasteiger charge is 2.17. The van der Waals surface area contributed by atoms with E-state index in [1.807, 2.05) is 19.9 Å². The summed E-state index contributed by atoms with van der Waals surface area (Å²) < 4.78 is 10.8. The fourth-order valence-electron chi connectivity index (χ4n) is 3.17. The molecule has 2 heterocycles. The number of aliphatic imine (C=N–C) groups is 1. The third-order valence-electron chi connectivity index (χ3n) is 4.62. The molecule has 29 heavy (non-hydrogen) atoms. The molecule has 1 unspecified atom stereocenters. The summed E-state index contributed by atoms with van der Waals surface area (Å²) in [6.45, 7) is 9.44. The molecular weight excluding hydrogens is 481 g/mol. The molecule has 0 fully saturated rings. The van der Waals surface area contributed by atoms with E-state index in [2.05, 4.69) is 62.6 Å². The van der Waals surface area contributed by atoms with Crippen LogP contribution in [0.5, 0.6) is 0 Å². The molecule has 3 rings (SSSR count). The quantitative estimate of drug-likeness (QED) is 0.344. The maximum absolute atomic E-state index is 5.50. The van der Waals surface area contributed by atoms with Gasteiger partial charge in [-0.2, -0.15) is 4.98 Å². The van der Waals surface area contributed by atoms with Crippen molar-refractivity contribution in [2.75, 3.05) is 26.2 Å². The molecular formula is C21H30IN5O2. The van der Waals surface area contributed by atoms with E-state index in [-0.39, 0.29) is 30.1 Å². The molecule has 0 saturated carbocycles. The van der Waals surface area contributed by atoms with Crippen molar-refractivity contribution in [1.82, 2.24) is 20.4 Å². The molecule has 0 aliphatic carbocycles. The third-order valence-corrected chi connectivity index (χ3v) is 4.62. The molecule has 0 radical (unpaired) electrons. The standard InChI is InChI=1S/C21H29N5O2.HI/c1-4-22-21(23-15-19-24-20(25-28-19)16(3)27-5-2)26-13-11-18(12-14-26)17-9-7-6-8-10-17;/h6-11,16H,4-5,12-15H2,1-3H3,(H,22,23);1H. The van der Waals surface area contributed by atoms with Gasteiger partial charge in [0.1, 0.15) is 12.6 Å². The van der Waals surface area contributed by atoms with Gasteiger partial charge in [-0.05, 0) is 38.3 Å². The van der Waals surface area contributed by atoms with Crippen LogP contribution in [-0.4, -0.2) is 47.2 Å². The Bertz CT molecular complexity index is 806. The van der Waals surface area contributed by atoms with Crippen LogP contribution in [0.1, 0.15) is 50.6 Å². The van der Waals surface area contributed by atoms with Crippen LogP contribution in [0.2, 0.25) is 0 Å². The van der Waals surface area contributed by atoms with E-state index in [4.69, 9.17) is 9.26 Å². The predicted molar refractivity (Wildman–Crippen MR) is 125 cm³/mol. The number of aromatic nitrogens is 2. The first-order valence-corrected chi connectivity index (χ1v) is 9.93. The molecule has 1 aliphatic heterocycles. The van der Waals surface area contributed by atoms with E-state index >= 15 is 0 Å². The van der Waals surface area contributed by atoms with Gasteiger partial charge in [0.15, 0.2) is 11.8 Å². The van der Waals surface area contributed by atoms with Crippen LogP contribution >= 0.6 is 24.0 Å². The first-order valence-electron chi connectivity index (χ1n) is 9.93. The zero-order chi connectivity index (χ0) is 19.8. The third kappa shape index (κ3) is 6.53. The zero-order valence-electron chi connectivity index (χ0n) is 17.3. The van der Waals surface area contributed by atoms with Crippen molar-refractivity contribution in [3.8, 4) is 0 Å². The minimum atomic E-state index is -0.177. The number of halogens is 1. The monoisotopic (exact) mass is 511 g/mol. The first-order chi connectivity index (χ1) is 13.7. The van der Waals surface area contributed by atoms with Gasteiger partial charge >= 0.3 is 0 Å². The normalized spacial score (nSPS) is 15.5. The average Bonchev–Trinajstić information content (AvgIpc) is 3.21. The molecule has 1 aromatic heterocycles. The van der Waals surface area contributed by atoms with Crippen LogP contribution < -0.4 is 5.32 Å². The van der Waals surface area contributed by atoms with Gasteiger partial charge in [0.05, 0.1) is 0 Å². The Morgan fingerprint density at radius 3 is 2.76 bits per heavy atom. The van der Waals surface area contributed by atoms with Crippen molar-refractivity contribution in [2.24, 2.45) is 4.99 Å². The molecule has 0 saturated heterocycles. The van der Waals surface area contributed by atoms with Gasteiger partial charge in [-0.3, -0.25) is 0 Å². The summed E-state index contributed by atoms with van der Waals surface area (Å²) >= 11 is 0. The van der Waals surface area contributed by atoms with Crippen molar-refractivity contribution < 1.29 is 9.26 Å². The molecule has 1 aliphatic rings.